The number of hydrogen-bond acceptors (Lipinski definition) is 2. The molecule has 0 unspecified atom stereocenters. The van der Waals surface area contributed by atoms with E-state index in [4.69, 9.17) is 5.11 Å². The van der Waals surface area contributed by atoms with E-state index >= 15 is 0 Å². The second-order valence-corrected chi connectivity index (χ2v) is 9.99. The number of carboxylic acids is 1. The van der Waals surface area contributed by atoms with Crippen LogP contribution in [0.5, 0.6) is 0 Å². The van der Waals surface area contributed by atoms with Gasteiger partial charge in [0.15, 0.2) is 0 Å². The smallest absolute Gasteiger partial charge is 0.303 e. The quantitative estimate of drug-likeness (QED) is 0.407. The van der Waals surface area contributed by atoms with E-state index in [-0.39, 0.29) is 23.8 Å². The molecule has 170 valence electrons. The number of rotatable bonds is 9. The fraction of sp³-hybridized carbons (Fsp3) is 0.481. The van der Waals surface area contributed by atoms with Gasteiger partial charge in [0, 0.05) is 36.1 Å². The van der Waals surface area contributed by atoms with Crippen molar-refractivity contribution in [3.05, 3.63) is 66.5 Å². The van der Waals surface area contributed by atoms with E-state index < -0.39 is 5.97 Å². The Bertz CT molecular complexity index is 959. The Morgan fingerprint density at radius 2 is 1.84 bits per heavy atom. The lowest BCUT2D eigenvalue weighted by Gasteiger charge is -2.62. The molecule has 2 N–H and O–H groups in total. The van der Waals surface area contributed by atoms with E-state index in [1.165, 1.54) is 6.42 Å². The molecule has 0 spiro atoms. The highest BCUT2D eigenvalue weighted by Crippen LogP contribution is 2.61. The summed E-state index contributed by atoms with van der Waals surface area (Å²) in [5, 5.41) is 12.2. The zero-order valence-corrected chi connectivity index (χ0v) is 19.0. The number of carboxylic acid groups (broad SMARTS) is 1. The van der Waals surface area contributed by atoms with Gasteiger partial charge in [0.1, 0.15) is 0 Å². The Labute approximate surface area is 190 Å². The number of aliphatic carboxylic acids is 1. The number of unbranched alkanes of at least 4 members (excludes halogenated alkanes) is 1. The molecule has 3 fully saturated rings. The van der Waals surface area contributed by atoms with Crippen molar-refractivity contribution in [3.63, 3.8) is 0 Å². The van der Waals surface area contributed by atoms with Crippen LogP contribution in [0.2, 0.25) is 0 Å². The molecule has 1 heterocycles. The van der Waals surface area contributed by atoms with Crippen LogP contribution in [0.1, 0.15) is 62.7 Å². The Kier molecular flexibility index (Phi) is 6.54. The van der Waals surface area contributed by atoms with Crippen molar-refractivity contribution >= 4 is 11.9 Å². The van der Waals surface area contributed by atoms with Crippen LogP contribution in [0.25, 0.3) is 5.69 Å². The summed E-state index contributed by atoms with van der Waals surface area (Å²) >= 11 is 0. The molecule has 1 aromatic heterocycles. The highest BCUT2D eigenvalue weighted by Gasteiger charge is 2.57. The molecule has 2 bridgehead atoms. The van der Waals surface area contributed by atoms with Gasteiger partial charge in [0.2, 0.25) is 0 Å². The molecule has 0 radical (unpaired) electrons. The maximum Gasteiger partial charge on any atom is 0.303 e. The molecule has 5 rings (SSSR count). The van der Waals surface area contributed by atoms with E-state index in [2.05, 4.69) is 31.3 Å². The van der Waals surface area contributed by atoms with Crippen LogP contribution in [0.4, 0.5) is 0 Å². The average molecular weight is 435 g/mol. The molecule has 1 amide bonds. The highest BCUT2D eigenvalue weighted by molar-refractivity contribution is 5.94. The van der Waals surface area contributed by atoms with Gasteiger partial charge in [-0.05, 0) is 91.7 Å². The lowest BCUT2D eigenvalue weighted by molar-refractivity contribution is -0.137. The lowest BCUT2D eigenvalue weighted by atomic mass is 9.44. The summed E-state index contributed by atoms with van der Waals surface area (Å²) in [7, 11) is 0. The number of benzene rings is 1. The molecule has 4 atom stereocenters. The third-order valence-corrected chi connectivity index (χ3v) is 7.77. The Morgan fingerprint density at radius 1 is 1.12 bits per heavy atom. The normalized spacial score (nSPS) is 25.9. The van der Waals surface area contributed by atoms with E-state index in [0.29, 0.717) is 23.8 Å². The molecular formula is C27H34N2O3. The van der Waals surface area contributed by atoms with Gasteiger partial charge in [0.05, 0.1) is 0 Å². The van der Waals surface area contributed by atoms with Crippen LogP contribution >= 0.6 is 0 Å². The Hall–Kier alpha value is -2.82. The first-order valence-corrected chi connectivity index (χ1v) is 11.8. The van der Waals surface area contributed by atoms with Gasteiger partial charge in [0.25, 0.3) is 5.91 Å². The zero-order valence-electron chi connectivity index (χ0n) is 19.0. The van der Waals surface area contributed by atoms with Crippen molar-refractivity contribution in [3.8, 4) is 5.69 Å². The van der Waals surface area contributed by atoms with Crippen LogP contribution in [0, 0.1) is 23.2 Å². The molecule has 3 aliphatic rings. The number of carbonyl (C=O) groups excluding carboxylic acids is 1. The van der Waals surface area contributed by atoms with E-state index in [1.54, 1.807) is 0 Å². The number of carbonyl (C=O) groups is 2. The fourth-order valence-corrected chi connectivity index (χ4v) is 5.65. The minimum absolute atomic E-state index is 0.00523. The largest absolute Gasteiger partial charge is 0.481 e. The molecule has 32 heavy (non-hydrogen) atoms. The van der Waals surface area contributed by atoms with Gasteiger partial charge < -0.3 is 15.0 Å². The van der Waals surface area contributed by atoms with Gasteiger partial charge >= 0.3 is 5.97 Å². The van der Waals surface area contributed by atoms with Crippen molar-refractivity contribution < 1.29 is 14.7 Å². The summed E-state index contributed by atoms with van der Waals surface area (Å²) in [6.07, 6.45) is 13.2. The summed E-state index contributed by atoms with van der Waals surface area (Å²) in [6, 6.07) is 11.9. The second-order valence-electron chi connectivity index (χ2n) is 9.99. The first-order valence-electron chi connectivity index (χ1n) is 11.8. The number of fused-ring (bicyclic) bond motifs is 2. The Balaban J connectivity index is 1.39. The Morgan fingerprint density at radius 3 is 2.50 bits per heavy atom. The van der Waals surface area contributed by atoms with Gasteiger partial charge in [-0.3, -0.25) is 9.59 Å². The molecule has 0 saturated heterocycles. The van der Waals surface area contributed by atoms with Crippen LogP contribution in [-0.4, -0.2) is 27.6 Å². The number of amides is 1. The van der Waals surface area contributed by atoms with Crippen molar-refractivity contribution in [2.75, 3.05) is 0 Å². The molecular weight excluding hydrogens is 400 g/mol. The summed E-state index contributed by atoms with van der Waals surface area (Å²) in [6.45, 7) is 4.68. The molecule has 5 heteroatoms. The fourth-order valence-electron chi connectivity index (χ4n) is 5.65. The SMILES string of the molecule is CC1(C)[C@@H]2C[C@H](C/C=C\CCCC(=O)O)[C@@H](NC(=O)c3ccc(-n4cccc4)cc3)[C@H]1C2. The van der Waals surface area contributed by atoms with E-state index in [9.17, 15) is 9.59 Å². The zero-order chi connectivity index (χ0) is 22.7. The van der Waals surface area contributed by atoms with E-state index in [0.717, 1.165) is 30.9 Å². The minimum atomic E-state index is -0.739. The van der Waals surface area contributed by atoms with Crippen LogP contribution in [0.15, 0.2) is 60.9 Å². The minimum Gasteiger partial charge on any atom is -0.481 e. The van der Waals surface area contributed by atoms with Crippen molar-refractivity contribution in [1.82, 2.24) is 9.88 Å². The maximum absolute atomic E-state index is 13.1. The molecule has 5 nitrogen and oxygen atoms in total. The summed E-state index contributed by atoms with van der Waals surface area (Å²) < 4.78 is 2.03. The van der Waals surface area contributed by atoms with Crippen LogP contribution < -0.4 is 5.32 Å². The summed E-state index contributed by atoms with van der Waals surface area (Å²) in [5.74, 6) is 0.940. The standard InChI is InChI=1S/C27H34N2O3/c1-27(2)21-17-20(9-5-3-4-6-10-24(30)31)25(23(27)18-21)28-26(32)19-11-13-22(14-12-19)29-15-7-8-16-29/h3,5,7-8,11-16,20-21,23,25H,4,6,9-10,17-18H2,1-2H3,(H,28,32)(H,30,31)/b5-3-/t20-,21+,23+,25+/m0/s1. The van der Waals surface area contributed by atoms with Gasteiger partial charge in [-0.15, -0.1) is 0 Å². The molecule has 3 saturated carbocycles. The third kappa shape index (κ3) is 4.67. The summed E-state index contributed by atoms with van der Waals surface area (Å²) in [4.78, 5) is 23.8. The summed E-state index contributed by atoms with van der Waals surface area (Å²) in [5.41, 5.74) is 2.01. The van der Waals surface area contributed by atoms with Gasteiger partial charge in [-0.2, -0.15) is 0 Å². The molecule has 3 aliphatic carbocycles. The average Bonchev–Trinajstić information content (AvgIpc) is 3.31. The van der Waals surface area contributed by atoms with Gasteiger partial charge in [-0.25, -0.2) is 0 Å². The van der Waals surface area contributed by atoms with E-state index in [1.807, 2.05) is 53.4 Å². The molecule has 0 aliphatic heterocycles. The predicted molar refractivity (Wildman–Crippen MR) is 126 cm³/mol. The van der Waals surface area contributed by atoms with Crippen molar-refractivity contribution in [1.29, 1.82) is 0 Å². The van der Waals surface area contributed by atoms with Crippen molar-refractivity contribution in [2.45, 2.75) is 58.4 Å². The topological polar surface area (TPSA) is 71.3 Å². The lowest BCUT2D eigenvalue weighted by Crippen LogP contribution is -2.63. The number of nitrogens with zero attached hydrogens (tertiary/aromatic N) is 1. The highest BCUT2D eigenvalue weighted by atomic mass is 16.4. The van der Waals surface area contributed by atoms with Crippen molar-refractivity contribution in [2.24, 2.45) is 23.2 Å². The second kappa shape index (κ2) is 9.35. The number of hydrogen-bond donors (Lipinski definition) is 2. The predicted octanol–water partition coefficient (Wildman–Crippen LogP) is 5.46. The van der Waals surface area contributed by atoms with Gasteiger partial charge in [-0.1, -0.05) is 26.0 Å². The molecule has 1 aromatic carbocycles. The first-order chi connectivity index (χ1) is 15.4. The number of aromatic nitrogens is 1. The first kappa shape index (κ1) is 22.4. The van der Waals surface area contributed by atoms with Crippen LogP contribution in [-0.2, 0) is 4.79 Å². The molecule has 2 aromatic rings. The number of allylic oxidation sites excluding steroid dienone is 2. The maximum atomic E-state index is 13.1. The van der Waals surface area contributed by atoms with Crippen LogP contribution in [0.3, 0.4) is 0 Å². The number of nitrogens with one attached hydrogen (secondary N) is 1. The monoisotopic (exact) mass is 434 g/mol. The third-order valence-electron chi connectivity index (χ3n) is 7.77.